The second-order valence-electron chi connectivity index (χ2n) is 4.78. The Kier molecular flexibility index (Phi) is 4.21. The molecule has 0 aliphatic rings. The molecule has 0 saturated heterocycles. The number of fused-ring (bicyclic) bond motifs is 1. The summed E-state index contributed by atoms with van der Waals surface area (Å²) in [5.41, 5.74) is 0.901. The minimum absolute atomic E-state index is 0.172. The fraction of sp³-hybridized carbons (Fsp3) is 0.250. The molecule has 4 nitrogen and oxygen atoms in total. The molecule has 2 rings (SSSR count). The molecule has 1 unspecified atom stereocenters. The summed E-state index contributed by atoms with van der Waals surface area (Å²) in [6.07, 6.45) is 0. The van der Waals surface area contributed by atoms with E-state index in [4.69, 9.17) is 10.4 Å². The average Bonchev–Trinajstić information content (AvgIpc) is 2.46. The third kappa shape index (κ3) is 2.89. The van der Waals surface area contributed by atoms with Crippen molar-refractivity contribution in [3.63, 3.8) is 0 Å². The zero-order valence-corrected chi connectivity index (χ0v) is 11.3. The quantitative estimate of drug-likeness (QED) is 0.847. The molecule has 2 aromatic rings. The van der Waals surface area contributed by atoms with Gasteiger partial charge in [0.2, 0.25) is 0 Å². The van der Waals surface area contributed by atoms with Gasteiger partial charge in [-0.25, -0.2) is 0 Å². The lowest BCUT2D eigenvalue weighted by molar-refractivity contribution is -0.140. The van der Waals surface area contributed by atoms with Crippen LogP contribution in [-0.2, 0) is 4.79 Å². The summed E-state index contributed by atoms with van der Waals surface area (Å²) in [5, 5.41) is 20.1. The molecule has 0 spiro atoms. The van der Waals surface area contributed by atoms with E-state index < -0.39 is 11.9 Å². The van der Waals surface area contributed by atoms with Gasteiger partial charge < -0.3 is 10.0 Å². The van der Waals surface area contributed by atoms with Crippen molar-refractivity contribution in [2.75, 3.05) is 18.0 Å². The number of hydrogen-bond acceptors (Lipinski definition) is 3. The smallest absolute Gasteiger partial charge is 0.308 e. The van der Waals surface area contributed by atoms with Crippen molar-refractivity contribution in [3.8, 4) is 6.07 Å². The molecule has 0 radical (unpaired) electrons. The van der Waals surface area contributed by atoms with Crippen LogP contribution in [0.2, 0.25) is 0 Å². The van der Waals surface area contributed by atoms with Crippen LogP contribution in [0.3, 0.4) is 0 Å². The van der Waals surface area contributed by atoms with Crippen LogP contribution in [0.5, 0.6) is 0 Å². The Morgan fingerprint density at radius 1 is 1.30 bits per heavy atom. The average molecular weight is 268 g/mol. The van der Waals surface area contributed by atoms with Crippen LogP contribution >= 0.6 is 0 Å². The molecule has 4 heteroatoms. The van der Waals surface area contributed by atoms with E-state index in [0.29, 0.717) is 6.54 Å². The molecular formula is C16H16N2O2. The Hall–Kier alpha value is -2.54. The van der Waals surface area contributed by atoms with Crippen molar-refractivity contribution in [2.24, 2.45) is 5.92 Å². The van der Waals surface area contributed by atoms with Crippen molar-refractivity contribution < 1.29 is 9.90 Å². The molecule has 0 saturated carbocycles. The van der Waals surface area contributed by atoms with Crippen LogP contribution in [0.4, 0.5) is 5.69 Å². The summed E-state index contributed by atoms with van der Waals surface area (Å²) in [5.74, 6) is -1.38. The maximum atomic E-state index is 11.0. The number of nitriles is 1. The van der Waals surface area contributed by atoms with E-state index >= 15 is 0 Å². The van der Waals surface area contributed by atoms with Crippen LogP contribution < -0.4 is 4.90 Å². The Labute approximate surface area is 117 Å². The summed E-state index contributed by atoms with van der Waals surface area (Å²) in [4.78, 5) is 12.8. The second-order valence-corrected chi connectivity index (χ2v) is 4.78. The summed E-state index contributed by atoms with van der Waals surface area (Å²) in [6, 6.07) is 15.9. The first-order valence-corrected chi connectivity index (χ1v) is 6.46. The Morgan fingerprint density at radius 3 is 2.70 bits per heavy atom. The van der Waals surface area contributed by atoms with Crippen LogP contribution in [0.1, 0.15) is 6.92 Å². The number of aliphatic carboxylic acids is 1. The minimum atomic E-state index is -0.854. The first-order valence-electron chi connectivity index (χ1n) is 6.46. The third-order valence-electron chi connectivity index (χ3n) is 3.28. The van der Waals surface area contributed by atoms with Crippen molar-refractivity contribution in [1.82, 2.24) is 0 Å². The minimum Gasteiger partial charge on any atom is -0.481 e. The highest BCUT2D eigenvalue weighted by Crippen LogP contribution is 2.27. The highest BCUT2D eigenvalue weighted by Gasteiger charge is 2.17. The van der Waals surface area contributed by atoms with Gasteiger partial charge in [0.15, 0.2) is 0 Å². The van der Waals surface area contributed by atoms with Gasteiger partial charge in [-0.15, -0.1) is 0 Å². The molecule has 0 heterocycles. The number of anilines is 1. The van der Waals surface area contributed by atoms with E-state index in [-0.39, 0.29) is 6.54 Å². The van der Waals surface area contributed by atoms with Crippen molar-refractivity contribution in [3.05, 3.63) is 42.5 Å². The standard InChI is InChI=1S/C16H16N2O2/c1-12(16(19)20)11-18(10-9-17)15-8-4-6-13-5-2-3-7-14(13)15/h2-8,12H,10-11H2,1H3,(H,19,20). The summed E-state index contributed by atoms with van der Waals surface area (Å²) in [6.45, 7) is 2.14. The molecular weight excluding hydrogens is 252 g/mol. The lowest BCUT2D eigenvalue weighted by Gasteiger charge is -2.25. The Morgan fingerprint density at radius 2 is 2.00 bits per heavy atom. The molecule has 1 N–H and O–H groups in total. The van der Waals surface area contributed by atoms with E-state index in [0.717, 1.165) is 16.5 Å². The molecule has 0 aliphatic heterocycles. The highest BCUT2D eigenvalue weighted by atomic mass is 16.4. The number of rotatable bonds is 5. The molecule has 0 aliphatic carbocycles. The summed E-state index contributed by atoms with van der Waals surface area (Å²) >= 11 is 0. The van der Waals surface area contributed by atoms with Crippen LogP contribution in [0.25, 0.3) is 10.8 Å². The lowest BCUT2D eigenvalue weighted by atomic mass is 10.1. The van der Waals surface area contributed by atoms with Crippen LogP contribution in [0, 0.1) is 17.2 Å². The number of nitrogens with zero attached hydrogens (tertiary/aromatic N) is 2. The normalized spacial score (nSPS) is 11.8. The molecule has 1 atom stereocenters. The number of hydrogen-bond donors (Lipinski definition) is 1. The van der Waals surface area contributed by atoms with Gasteiger partial charge in [-0.1, -0.05) is 43.3 Å². The van der Waals surface area contributed by atoms with Gasteiger partial charge in [0.05, 0.1) is 12.0 Å². The molecule has 0 aromatic heterocycles. The summed E-state index contributed by atoms with van der Waals surface area (Å²) < 4.78 is 0. The van der Waals surface area contributed by atoms with E-state index in [1.165, 1.54) is 0 Å². The third-order valence-corrected chi connectivity index (χ3v) is 3.28. The number of benzene rings is 2. The predicted octanol–water partition coefficient (Wildman–Crippen LogP) is 2.89. The van der Waals surface area contributed by atoms with E-state index in [1.807, 2.05) is 47.4 Å². The Bertz CT molecular complexity index is 656. The molecule has 102 valence electrons. The largest absolute Gasteiger partial charge is 0.481 e. The van der Waals surface area contributed by atoms with Crippen molar-refractivity contribution >= 4 is 22.4 Å². The predicted molar refractivity (Wildman–Crippen MR) is 78.6 cm³/mol. The van der Waals surface area contributed by atoms with Gasteiger partial charge in [-0.3, -0.25) is 4.79 Å². The van der Waals surface area contributed by atoms with Gasteiger partial charge in [-0.2, -0.15) is 5.26 Å². The number of carboxylic acid groups (broad SMARTS) is 1. The summed E-state index contributed by atoms with van der Waals surface area (Å²) in [7, 11) is 0. The van der Waals surface area contributed by atoms with E-state index in [9.17, 15) is 4.79 Å². The van der Waals surface area contributed by atoms with Gasteiger partial charge in [0, 0.05) is 17.6 Å². The fourth-order valence-corrected chi connectivity index (χ4v) is 2.23. The van der Waals surface area contributed by atoms with E-state index in [2.05, 4.69) is 6.07 Å². The second kappa shape index (κ2) is 6.07. The topological polar surface area (TPSA) is 64.3 Å². The van der Waals surface area contributed by atoms with Gasteiger partial charge in [0.1, 0.15) is 6.54 Å². The molecule has 2 aromatic carbocycles. The maximum absolute atomic E-state index is 11.0. The molecule has 20 heavy (non-hydrogen) atoms. The highest BCUT2D eigenvalue weighted by molar-refractivity contribution is 5.94. The SMILES string of the molecule is CC(CN(CC#N)c1cccc2ccccc12)C(=O)O. The van der Waals surface area contributed by atoms with Crippen molar-refractivity contribution in [1.29, 1.82) is 5.26 Å². The lowest BCUT2D eigenvalue weighted by Crippen LogP contribution is -2.32. The van der Waals surface area contributed by atoms with E-state index in [1.54, 1.807) is 6.92 Å². The molecule has 0 amide bonds. The zero-order chi connectivity index (χ0) is 14.5. The number of carbonyl (C=O) groups is 1. The fourth-order valence-electron chi connectivity index (χ4n) is 2.23. The first kappa shape index (κ1) is 13.9. The van der Waals surface area contributed by atoms with Crippen LogP contribution in [0.15, 0.2) is 42.5 Å². The van der Waals surface area contributed by atoms with Gasteiger partial charge >= 0.3 is 5.97 Å². The zero-order valence-electron chi connectivity index (χ0n) is 11.3. The monoisotopic (exact) mass is 268 g/mol. The van der Waals surface area contributed by atoms with Gasteiger partial charge in [-0.05, 0) is 11.5 Å². The van der Waals surface area contributed by atoms with Crippen molar-refractivity contribution in [2.45, 2.75) is 6.92 Å². The van der Waals surface area contributed by atoms with Crippen LogP contribution in [-0.4, -0.2) is 24.2 Å². The molecule has 0 bridgehead atoms. The first-order chi connectivity index (χ1) is 9.63. The maximum Gasteiger partial charge on any atom is 0.308 e. The molecule has 0 fully saturated rings. The van der Waals surface area contributed by atoms with Gasteiger partial charge in [0.25, 0.3) is 0 Å². The Balaban J connectivity index is 2.41. The number of carboxylic acids is 1.